The van der Waals surface area contributed by atoms with E-state index in [-0.39, 0.29) is 29.5 Å². The number of halogens is 1. The van der Waals surface area contributed by atoms with E-state index in [0.717, 1.165) is 0 Å². The molecule has 0 aliphatic heterocycles. The van der Waals surface area contributed by atoms with Gasteiger partial charge in [0.15, 0.2) is 10.8 Å². The molecule has 0 fully saturated rings. The average Bonchev–Trinajstić information content (AvgIpc) is 2.76. The number of nitrogens with two attached hydrogens (primary N) is 1. The summed E-state index contributed by atoms with van der Waals surface area (Å²) in [6.45, 7) is 1.97. The van der Waals surface area contributed by atoms with Crippen molar-refractivity contribution in [2.75, 3.05) is 11.9 Å². The molecule has 2 aromatic heterocycles. The van der Waals surface area contributed by atoms with E-state index in [1.807, 2.05) is 0 Å². The minimum absolute atomic E-state index is 0.125. The largest absolute Gasteiger partial charge is 0.341 e. The second-order valence-electron chi connectivity index (χ2n) is 3.57. The van der Waals surface area contributed by atoms with Gasteiger partial charge >= 0.3 is 0 Å². The van der Waals surface area contributed by atoms with Crippen molar-refractivity contribution in [1.29, 1.82) is 0 Å². The zero-order chi connectivity index (χ0) is 12.4. The van der Waals surface area contributed by atoms with E-state index < -0.39 is 0 Å². The molecule has 0 aliphatic rings. The summed E-state index contributed by atoms with van der Waals surface area (Å²) in [5, 5.41) is 2.75. The Hall–Kier alpha value is -1.73. The molecule has 2 rings (SSSR count). The monoisotopic (exact) mass is 254 g/mol. The summed E-state index contributed by atoms with van der Waals surface area (Å²) < 4.78 is 0. The molecular weight excluding hydrogens is 244 g/mol. The third kappa shape index (κ3) is 2.34. The Morgan fingerprint density at radius 3 is 3.12 bits per heavy atom. The first kappa shape index (κ1) is 11.7. The van der Waals surface area contributed by atoms with Crippen LogP contribution in [0.25, 0.3) is 11.2 Å². The van der Waals surface area contributed by atoms with Gasteiger partial charge in [-0.25, -0.2) is 4.98 Å². The Balaban J connectivity index is 2.27. The van der Waals surface area contributed by atoms with Crippen molar-refractivity contribution in [3.8, 4) is 0 Å². The van der Waals surface area contributed by atoms with Crippen molar-refractivity contribution in [2.24, 2.45) is 11.7 Å². The van der Waals surface area contributed by atoms with Crippen LogP contribution in [-0.2, 0) is 4.79 Å². The molecule has 0 saturated carbocycles. The summed E-state index contributed by atoms with van der Waals surface area (Å²) in [6.07, 6.45) is 1.46. The van der Waals surface area contributed by atoms with E-state index in [1.165, 1.54) is 6.33 Å². The number of H-pyrrole nitrogens is 1. The maximum absolute atomic E-state index is 11.6. The quantitative estimate of drug-likeness (QED) is 0.693. The fourth-order valence-electron chi connectivity index (χ4n) is 1.19. The molecule has 2 aromatic rings. The summed E-state index contributed by atoms with van der Waals surface area (Å²) in [4.78, 5) is 26.3. The molecule has 1 atom stereocenters. The van der Waals surface area contributed by atoms with Crippen LogP contribution in [0, 0.1) is 5.92 Å². The molecular formula is C9H11ClN6O. The Bertz CT molecular complexity index is 553. The number of carbonyl (C=O) groups excluding carboxylic acids is 1. The van der Waals surface area contributed by atoms with E-state index in [9.17, 15) is 4.79 Å². The van der Waals surface area contributed by atoms with Gasteiger partial charge in [-0.1, -0.05) is 18.5 Å². The maximum atomic E-state index is 11.6. The molecule has 0 aliphatic carbocycles. The van der Waals surface area contributed by atoms with Crippen molar-refractivity contribution in [3.63, 3.8) is 0 Å². The number of amides is 1. The minimum atomic E-state index is -0.313. The van der Waals surface area contributed by atoms with E-state index in [0.29, 0.717) is 11.2 Å². The summed E-state index contributed by atoms with van der Waals surface area (Å²) in [6, 6.07) is 0. The number of imidazole rings is 1. The minimum Gasteiger partial charge on any atom is -0.341 e. The van der Waals surface area contributed by atoms with Gasteiger partial charge in [0.05, 0.1) is 6.33 Å². The third-order valence-electron chi connectivity index (χ3n) is 2.28. The van der Waals surface area contributed by atoms with E-state index in [2.05, 4.69) is 25.3 Å². The lowest BCUT2D eigenvalue weighted by Crippen LogP contribution is -2.27. The first-order valence-electron chi connectivity index (χ1n) is 4.99. The SMILES string of the molecule is CC(CN)C(=O)Nc1nc(Cl)c2[nH]cnc2n1. The average molecular weight is 255 g/mol. The van der Waals surface area contributed by atoms with E-state index in [4.69, 9.17) is 17.3 Å². The van der Waals surface area contributed by atoms with Gasteiger partial charge in [0.1, 0.15) is 5.52 Å². The van der Waals surface area contributed by atoms with E-state index in [1.54, 1.807) is 6.92 Å². The summed E-state index contributed by atoms with van der Waals surface area (Å²) in [5.41, 5.74) is 6.33. The van der Waals surface area contributed by atoms with Crippen molar-refractivity contribution >= 4 is 34.6 Å². The zero-order valence-electron chi connectivity index (χ0n) is 9.07. The van der Waals surface area contributed by atoms with Crippen LogP contribution in [0.1, 0.15) is 6.92 Å². The maximum Gasteiger partial charge on any atom is 0.233 e. The number of aromatic nitrogens is 4. The molecule has 4 N–H and O–H groups in total. The van der Waals surface area contributed by atoms with Gasteiger partial charge in [0.25, 0.3) is 0 Å². The van der Waals surface area contributed by atoms with Crippen molar-refractivity contribution in [3.05, 3.63) is 11.5 Å². The van der Waals surface area contributed by atoms with Crippen LogP contribution < -0.4 is 11.1 Å². The molecule has 0 bridgehead atoms. The normalized spacial score (nSPS) is 12.6. The van der Waals surface area contributed by atoms with Crippen LogP contribution in [0.3, 0.4) is 0 Å². The molecule has 8 heteroatoms. The number of nitrogens with one attached hydrogen (secondary N) is 2. The highest BCUT2D eigenvalue weighted by molar-refractivity contribution is 6.33. The molecule has 17 heavy (non-hydrogen) atoms. The summed E-state index contributed by atoms with van der Waals surface area (Å²) >= 11 is 5.90. The Labute approximate surface area is 102 Å². The van der Waals surface area contributed by atoms with Crippen LogP contribution >= 0.6 is 11.6 Å². The number of nitrogens with zero attached hydrogens (tertiary/aromatic N) is 3. The Morgan fingerprint density at radius 2 is 2.41 bits per heavy atom. The highest BCUT2D eigenvalue weighted by Gasteiger charge is 2.14. The van der Waals surface area contributed by atoms with Gasteiger partial charge in [-0.05, 0) is 0 Å². The zero-order valence-corrected chi connectivity index (χ0v) is 9.82. The number of anilines is 1. The number of carbonyl (C=O) groups is 1. The third-order valence-corrected chi connectivity index (χ3v) is 2.55. The fourth-order valence-corrected chi connectivity index (χ4v) is 1.41. The van der Waals surface area contributed by atoms with Crippen LogP contribution in [0.2, 0.25) is 5.15 Å². The molecule has 2 heterocycles. The van der Waals surface area contributed by atoms with Crippen LogP contribution in [0.15, 0.2) is 6.33 Å². The standard InChI is InChI=1S/C9H11ClN6O/c1-4(2-11)8(17)16-9-14-6(10)5-7(15-9)13-3-12-5/h3-4H,2,11H2,1H3,(H2,12,13,14,15,16,17). The van der Waals surface area contributed by atoms with E-state index >= 15 is 0 Å². The lowest BCUT2D eigenvalue weighted by molar-refractivity contribution is -0.119. The Morgan fingerprint density at radius 1 is 1.65 bits per heavy atom. The van der Waals surface area contributed by atoms with Gasteiger partial charge in [-0.2, -0.15) is 9.97 Å². The molecule has 0 aromatic carbocycles. The summed E-state index contributed by atoms with van der Waals surface area (Å²) in [5.74, 6) is -0.439. The van der Waals surface area contributed by atoms with Gasteiger partial charge in [-0.15, -0.1) is 0 Å². The first-order valence-corrected chi connectivity index (χ1v) is 5.37. The molecule has 1 amide bonds. The predicted octanol–water partition coefficient (Wildman–Crippen LogP) is 0.540. The van der Waals surface area contributed by atoms with Crippen LogP contribution in [-0.4, -0.2) is 32.4 Å². The fraction of sp³-hybridized carbons (Fsp3) is 0.333. The highest BCUT2D eigenvalue weighted by Crippen LogP contribution is 2.18. The molecule has 0 saturated heterocycles. The topological polar surface area (TPSA) is 110 Å². The molecule has 7 nitrogen and oxygen atoms in total. The number of fused-ring (bicyclic) bond motifs is 1. The van der Waals surface area contributed by atoms with Gasteiger partial charge in [0.2, 0.25) is 11.9 Å². The number of hydrogen-bond donors (Lipinski definition) is 3. The smallest absolute Gasteiger partial charge is 0.233 e. The summed E-state index contributed by atoms with van der Waals surface area (Å²) in [7, 11) is 0. The second-order valence-corrected chi connectivity index (χ2v) is 3.92. The first-order chi connectivity index (χ1) is 8.11. The van der Waals surface area contributed by atoms with Crippen molar-refractivity contribution in [2.45, 2.75) is 6.92 Å². The molecule has 90 valence electrons. The second kappa shape index (κ2) is 4.64. The number of hydrogen-bond acceptors (Lipinski definition) is 5. The lowest BCUT2D eigenvalue weighted by Gasteiger charge is -2.08. The molecule has 0 spiro atoms. The number of rotatable bonds is 3. The number of aromatic amines is 1. The van der Waals surface area contributed by atoms with Gasteiger partial charge in [0, 0.05) is 12.5 Å². The molecule has 0 radical (unpaired) electrons. The Kier molecular flexibility index (Phi) is 3.21. The van der Waals surface area contributed by atoms with Crippen molar-refractivity contribution in [1.82, 2.24) is 19.9 Å². The van der Waals surface area contributed by atoms with Crippen molar-refractivity contribution < 1.29 is 4.79 Å². The molecule has 1 unspecified atom stereocenters. The van der Waals surface area contributed by atoms with Crippen LogP contribution in [0.4, 0.5) is 5.95 Å². The lowest BCUT2D eigenvalue weighted by atomic mass is 10.2. The van der Waals surface area contributed by atoms with Gasteiger partial charge in [-0.3, -0.25) is 10.1 Å². The van der Waals surface area contributed by atoms with Gasteiger partial charge < -0.3 is 10.7 Å². The van der Waals surface area contributed by atoms with Crippen LogP contribution in [0.5, 0.6) is 0 Å². The highest BCUT2D eigenvalue weighted by atomic mass is 35.5. The predicted molar refractivity (Wildman–Crippen MR) is 63.5 cm³/mol.